The Balaban J connectivity index is 1.23. The summed E-state index contributed by atoms with van der Waals surface area (Å²) in [6, 6.07) is 13.9. The fourth-order valence-electron chi connectivity index (χ4n) is 4.86. The predicted octanol–water partition coefficient (Wildman–Crippen LogP) is 5.70. The molecule has 7 rings (SSSR count). The van der Waals surface area contributed by atoms with Crippen molar-refractivity contribution >= 4 is 55.7 Å². The molecular weight excluding hydrogens is 510 g/mol. The van der Waals surface area contributed by atoms with Crippen molar-refractivity contribution in [3.63, 3.8) is 0 Å². The first-order chi connectivity index (χ1) is 19.0. The van der Waals surface area contributed by atoms with Gasteiger partial charge < -0.3 is 10.6 Å². The maximum atomic E-state index is 13.6. The number of nitrogens with zero attached hydrogens (tertiary/aromatic N) is 6. The van der Waals surface area contributed by atoms with Gasteiger partial charge in [-0.2, -0.15) is 10.2 Å². The number of amides is 1. The van der Waals surface area contributed by atoms with Crippen molar-refractivity contribution in [3.8, 4) is 0 Å². The van der Waals surface area contributed by atoms with Crippen molar-refractivity contribution < 1.29 is 4.79 Å². The second-order valence-corrected chi connectivity index (χ2v) is 10.7. The first kappa shape index (κ1) is 23.5. The standard InChI is InChI=1S/C28H25N9OS/c1-15-5-3-6-18(31-15)12-37-21-8-4-7-20(23(21)24(36-37)17-9-10-17)32-28(38)19-13-39-26-25(19)29-14-30-27(26)33-22-11-16(2)34-35-22/h3-8,11,13-14,17H,9-10,12H2,1-2H3,(H,32,38)(H2,29,30,33,34,35). The van der Waals surface area contributed by atoms with Gasteiger partial charge in [0.25, 0.3) is 5.91 Å². The molecule has 0 aliphatic heterocycles. The van der Waals surface area contributed by atoms with E-state index in [1.807, 2.05) is 60.3 Å². The molecule has 39 heavy (non-hydrogen) atoms. The molecule has 1 aliphatic rings. The summed E-state index contributed by atoms with van der Waals surface area (Å²) < 4.78 is 2.79. The Kier molecular flexibility index (Phi) is 5.58. The maximum absolute atomic E-state index is 13.6. The molecule has 11 heteroatoms. The molecule has 1 fully saturated rings. The van der Waals surface area contributed by atoms with Crippen molar-refractivity contribution in [1.29, 1.82) is 0 Å². The Morgan fingerprint density at radius 2 is 2.03 bits per heavy atom. The van der Waals surface area contributed by atoms with Gasteiger partial charge in [0.05, 0.1) is 44.9 Å². The van der Waals surface area contributed by atoms with E-state index in [0.717, 1.165) is 56.9 Å². The normalized spacial score (nSPS) is 13.3. The molecule has 10 nitrogen and oxygen atoms in total. The topological polar surface area (TPSA) is 126 Å². The molecule has 0 radical (unpaired) electrons. The Labute approximate surface area is 227 Å². The van der Waals surface area contributed by atoms with Gasteiger partial charge in [-0.25, -0.2) is 9.97 Å². The van der Waals surface area contributed by atoms with E-state index in [0.29, 0.717) is 35.2 Å². The largest absolute Gasteiger partial charge is 0.322 e. The number of anilines is 3. The van der Waals surface area contributed by atoms with Crippen molar-refractivity contribution in [3.05, 3.63) is 82.5 Å². The third-order valence-corrected chi connectivity index (χ3v) is 7.80. The van der Waals surface area contributed by atoms with Crippen LogP contribution in [0.2, 0.25) is 0 Å². The Bertz CT molecular complexity index is 1860. The molecule has 194 valence electrons. The third kappa shape index (κ3) is 4.40. The summed E-state index contributed by atoms with van der Waals surface area (Å²) in [4.78, 5) is 27.1. The summed E-state index contributed by atoms with van der Waals surface area (Å²) in [5.41, 5.74) is 6.73. The zero-order chi connectivity index (χ0) is 26.5. The van der Waals surface area contributed by atoms with Crippen LogP contribution < -0.4 is 10.6 Å². The summed E-state index contributed by atoms with van der Waals surface area (Å²) in [6.07, 6.45) is 3.67. The number of aromatic nitrogens is 7. The number of nitrogens with one attached hydrogen (secondary N) is 3. The number of aromatic amines is 1. The Morgan fingerprint density at radius 3 is 2.82 bits per heavy atom. The summed E-state index contributed by atoms with van der Waals surface area (Å²) in [5, 5.41) is 21.3. The van der Waals surface area contributed by atoms with Gasteiger partial charge >= 0.3 is 0 Å². The lowest BCUT2D eigenvalue weighted by Gasteiger charge is -2.08. The number of carbonyl (C=O) groups excluding carboxylic acids is 1. The third-order valence-electron chi connectivity index (χ3n) is 6.83. The summed E-state index contributed by atoms with van der Waals surface area (Å²) in [5.74, 6) is 1.46. The van der Waals surface area contributed by atoms with Crippen LogP contribution in [0.1, 0.15) is 51.9 Å². The molecule has 0 unspecified atom stereocenters. The maximum Gasteiger partial charge on any atom is 0.258 e. The number of rotatable bonds is 7. The van der Waals surface area contributed by atoms with Crippen molar-refractivity contribution in [2.45, 2.75) is 39.2 Å². The lowest BCUT2D eigenvalue weighted by Crippen LogP contribution is -2.12. The minimum absolute atomic E-state index is 0.219. The number of carbonyl (C=O) groups is 1. The average Bonchev–Trinajstić information content (AvgIpc) is 3.36. The lowest BCUT2D eigenvalue weighted by atomic mass is 10.1. The van der Waals surface area contributed by atoms with E-state index in [9.17, 15) is 4.79 Å². The SMILES string of the molecule is Cc1cccc(Cn2nc(C3CC3)c3c(NC(=O)c4csc5c(Nc6cc(C)[nH]n6)ncnc45)cccc32)n1. The van der Waals surface area contributed by atoms with Crippen LogP contribution in [0.3, 0.4) is 0 Å². The van der Waals surface area contributed by atoms with Gasteiger partial charge in [0.1, 0.15) is 6.33 Å². The van der Waals surface area contributed by atoms with E-state index in [1.54, 1.807) is 0 Å². The van der Waals surface area contributed by atoms with Crippen LogP contribution >= 0.6 is 11.3 Å². The van der Waals surface area contributed by atoms with Gasteiger partial charge in [-0.3, -0.25) is 19.6 Å². The average molecular weight is 536 g/mol. The van der Waals surface area contributed by atoms with E-state index >= 15 is 0 Å². The molecule has 0 saturated heterocycles. The molecule has 1 aromatic carbocycles. The number of H-pyrrole nitrogens is 1. The van der Waals surface area contributed by atoms with Crippen LogP contribution in [-0.4, -0.2) is 40.8 Å². The fourth-order valence-corrected chi connectivity index (χ4v) is 5.80. The summed E-state index contributed by atoms with van der Waals surface area (Å²) in [7, 11) is 0. The summed E-state index contributed by atoms with van der Waals surface area (Å²) in [6.45, 7) is 4.49. The highest BCUT2D eigenvalue weighted by Crippen LogP contribution is 2.44. The number of hydrogen-bond acceptors (Lipinski definition) is 8. The number of aryl methyl sites for hydroxylation is 2. The molecule has 1 aliphatic carbocycles. The van der Waals surface area contributed by atoms with Gasteiger partial charge in [-0.05, 0) is 51.0 Å². The van der Waals surface area contributed by atoms with Gasteiger partial charge in [0.15, 0.2) is 11.6 Å². The second kappa shape index (κ2) is 9.28. The molecule has 1 saturated carbocycles. The minimum Gasteiger partial charge on any atom is -0.322 e. The smallest absolute Gasteiger partial charge is 0.258 e. The van der Waals surface area contributed by atoms with Gasteiger partial charge in [-0.1, -0.05) is 12.1 Å². The number of hydrogen-bond donors (Lipinski definition) is 3. The van der Waals surface area contributed by atoms with E-state index in [1.165, 1.54) is 17.7 Å². The predicted molar refractivity (Wildman–Crippen MR) is 152 cm³/mol. The van der Waals surface area contributed by atoms with E-state index in [2.05, 4.69) is 41.8 Å². The highest BCUT2D eigenvalue weighted by molar-refractivity contribution is 7.18. The van der Waals surface area contributed by atoms with Gasteiger partial charge in [0.2, 0.25) is 0 Å². The second-order valence-electron chi connectivity index (χ2n) is 9.85. The van der Waals surface area contributed by atoms with Crippen LogP contribution in [0.25, 0.3) is 21.1 Å². The van der Waals surface area contributed by atoms with Crippen LogP contribution in [0.5, 0.6) is 0 Å². The van der Waals surface area contributed by atoms with Crippen molar-refractivity contribution in [2.75, 3.05) is 10.6 Å². The van der Waals surface area contributed by atoms with Crippen LogP contribution in [0.4, 0.5) is 17.3 Å². The molecular formula is C28H25N9OS. The number of pyridine rings is 1. The zero-order valence-corrected chi connectivity index (χ0v) is 22.2. The Hall–Kier alpha value is -4.64. The number of fused-ring (bicyclic) bond motifs is 2. The number of benzene rings is 1. The van der Waals surface area contributed by atoms with E-state index < -0.39 is 0 Å². The monoisotopic (exact) mass is 535 g/mol. The van der Waals surface area contributed by atoms with E-state index in [4.69, 9.17) is 5.10 Å². The molecule has 5 aromatic heterocycles. The van der Waals surface area contributed by atoms with Crippen molar-refractivity contribution in [1.82, 2.24) is 34.9 Å². The molecule has 0 bridgehead atoms. The van der Waals surface area contributed by atoms with Crippen LogP contribution in [-0.2, 0) is 6.54 Å². The van der Waals surface area contributed by atoms with Crippen LogP contribution in [0, 0.1) is 13.8 Å². The minimum atomic E-state index is -0.219. The number of thiophene rings is 1. The molecule has 6 aromatic rings. The zero-order valence-electron chi connectivity index (χ0n) is 21.4. The highest BCUT2D eigenvalue weighted by atomic mass is 32.1. The molecule has 3 N–H and O–H groups in total. The Morgan fingerprint density at radius 1 is 1.15 bits per heavy atom. The van der Waals surface area contributed by atoms with E-state index in [-0.39, 0.29) is 5.91 Å². The summed E-state index contributed by atoms with van der Waals surface area (Å²) >= 11 is 1.42. The van der Waals surface area contributed by atoms with Gasteiger partial charge in [-0.15, -0.1) is 11.3 Å². The highest BCUT2D eigenvalue weighted by Gasteiger charge is 2.31. The van der Waals surface area contributed by atoms with Crippen LogP contribution in [0.15, 0.2) is 54.2 Å². The lowest BCUT2D eigenvalue weighted by molar-refractivity contribution is 0.102. The molecule has 5 heterocycles. The quantitative estimate of drug-likeness (QED) is 0.239. The molecule has 0 atom stereocenters. The molecule has 0 spiro atoms. The first-order valence-corrected chi connectivity index (χ1v) is 13.7. The van der Waals surface area contributed by atoms with Gasteiger partial charge in [0, 0.05) is 34.1 Å². The van der Waals surface area contributed by atoms with Crippen molar-refractivity contribution in [2.24, 2.45) is 0 Å². The molecule has 1 amide bonds. The first-order valence-electron chi connectivity index (χ1n) is 12.8. The fraction of sp³-hybridized carbons (Fsp3) is 0.214.